The lowest BCUT2D eigenvalue weighted by molar-refractivity contribution is 0.0924. The van der Waals surface area contributed by atoms with E-state index in [-0.39, 0.29) is 12.6 Å². The van der Waals surface area contributed by atoms with Crippen molar-refractivity contribution >= 4 is 17.4 Å². The number of urea groups is 1. The van der Waals surface area contributed by atoms with Crippen LogP contribution in [0.4, 0.5) is 16.2 Å². The number of benzene rings is 1. The molecule has 6 heteroatoms. The van der Waals surface area contributed by atoms with Gasteiger partial charge in [0, 0.05) is 38.6 Å². The van der Waals surface area contributed by atoms with Gasteiger partial charge in [-0.25, -0.2) is 4.79 Å². The third-order valence-electron chi connectivity index (χ3n) is 4.78. The zero-order chi connectivity index (χ0) is 18.4. The number of aryl methyl sites for hydroxylation is 1. The number of β-amino-alcohol motifs (C(OH)–C–C–N with tert-alkyl or cyclic N) is 1. The van der Waals surface area contributed by atoms with Crippen molar-refractivity contribution < 1.29 is 9.90 Å². The summed E-state index contributed by atoms with van der Waals surface area (Å²) in [7, 11) is 3.99. The fraction of sp³-hybridized carbons (Fsp3) is 0.632. The lowest BCUT2D eigenvalue weighted by Gasteiger charge is -2.31. The predicted molar refractivity (Wildman–Crippen MR) is 103 cm³/mol. The van der Waals surface area contributed by atoms with Crippen LogP contribution in [0.3, 0.4) is 0 Å². The van der Waals surface area contributed by atoms with Crippen LogP contribution in [0.15, 0.2) is 18.2 Å². The number of hydrogen-bond acceptors (Lipinski definition) is 4. The van der Waals surface area contributed by atoms with Crippen molar-refractivity contribution in [3.8, 4) is 0 Å². The summed E-state index contributed by atoms with van der Waals surface area (Å²) in [6, 6.07) is 5.52. The SMILES string of the molecule is Cc1cc(NC(=O)NCC(O)CN2CCC(C)CC2)ccc1N(C)C. The molecule has 1 aromatic rings. The highest BCUT2D eigenvalue weighted by atomic mass is 16.3. The first-order valence-corrected chi connectivity index (χ1v) is 9.08. The smallest absolute Gasteiger partial charge is 0.319 e. The van der Waals surface area contributed by atoms with E-state index in [0.717, 1.165) is 35.9 Å². The van der Waals surface area contributed by atoms with Crippen LogP contribution in [-0.4, -0.2) is 62.4 Å². The third-order valence-corrected chi connectivity index (χ3v) is 4.78. The average Bonchev–Trinajstić information content (AvgIpc) is 2.55. The summed E-state index contributed by atoms with van der Waals surface area (Å²) in [6.45, 7) is 7.22. The summed E-state index contributed by atoms with van der Waals surface area (Å²) in [4.78, 5) is 16.3. The van der Waals surface area contributed by atoms with Gasteiger partial charge in [-0.2, -0.15) is 0 Å². The molecule has 0 bridgehead atoms. The van der Waals surface area contributed by atoms with Gasteiger partial charge in [-0.1, -0.05) is 6.92 Å². The molecule has 0 aromatic heterocycles. The molecule has 2 rings (SSSR count). The molecule has 1 aliphatic heterocycles. The molecule has 2 amide bonds. The van der Waals surface area contributed by atoms with Crippen molar-refractivity contribution in [3.63, 3.8) is 0 Å². The molecule has 6 nitrogen and oxygen atoms in total. The second-order valence-corrected chi connectivity index (χ2v) is 7.37. The Morgan fingerprint density at radius 1 is 1.36 bits per heavy atom. The molecule has 1 fully saturated rings. The summed E-state index contributed by atoms with van der Waals surface area (Å²) in [5.41, 5.74) is 2.97. The fourth-order valence-corrected chi connectivity index (χ4v) is 3.23. The summed E-state index contributed by atoms with van der Waals surface area (Å²) in [5, 5.41) is 15.7. The van der Waals surface area contributed by atoms with E-state index < -0.39 is 6.10 Å². The van der Waals surface area contributed by atoms with Crippen LogP contribution in [-0.2, 0) is 0 Å². The van der Waals surface area contributed by atoms with E-state index in [2.05, 4.69) is 22.5 Å². The third kappa shape index (κ3) is 6.21. The molecule has 1 unspecified atom stereocenters. The number of piperidine rings is 1. The Morgan fingerprint density at radius 3 is 2.64 bits per heavy atom. The first-order chi connectivity index (χ1) is 11.8. The summed E-state index contributed by atoms with van der Waals surface area (Å²) >= 11 is 0. The van der Waals surface area contributed by atoms with Gasteiger partial charge in [0.1, 0.15) is 0 Å². The summed E-state index contributed by atoms with van der Waals surface area (Å²) < 4.78 is 0. The largest absolute Gasteiger partial charge is 0.390 e. The van der Waals surface area contributed by atoms with Crippen LogP contribution in [0.5, 0.6) is 0 Å². The van der Waals surface area contributed by atoms with Crippen LogP contribution >= 0.6 is 0 Å². The number of nitrogens with one attached hydrogen (secondary N) is 2. The highest BCUT2D eigenvalue weighted by Crippen LogP contribution is 2.21. The van der Waals surface area contributed by atoms with Gasteiger partial charge in [-0.05, 0) is 62.5 Å². The molecule has 1 saturated heterocycles. The number of aliphatic hydroxyl groups is 1. The predicted octanol–water partition coefficient (Wildman–Crippen LogP) is 2.28. The van der Waals surface area contributed by atoms with Crippen molar-refractivity contribution in [2.45, 2.75) is 32.8 Å². The molecule has 3 N–H and O–H groups in total. The highest BCUT2D eigenvalue weighted by Gasteiger charge is 2.18. The minimum Gasteiger partial charge on any atom is -0.390 e. The van der Waals surface area contributed by atoms with E-state index in [1.807, 2.05) is 44.1 Å². The second kappa shape index (κ2) is 9.06. The topological polar surface area (TPSA) is 67.8 Å². The van der Waals surface area contributed by atoms with Crippen LogP contribution in [0.25, 0.3) is 0 Å². The second-order valence-electron chi connectivity index (χ2n) is 7.37. The van der Waals surface area contributed by atoms with E-state index in [1.165, 1.54) is 12.8 Å². The maximum atomic E-state index is 12.0. The van der Waals surface area contributed by atoms with Gasteiger partial charge in [0.15, 0.2) is 0 Å². The maximum absolute atomic E-state index is 12.0. The number of carbonyl (C=O) groups excluding carboxylic acids is 1. The monoisotopic (exact) mass is 348 g/mol. The molecule has 1 atom stereocenters. The van der Waals surface area contributed by atoms with E-state index in [4.69, 9.17) is 0 Å². The van der Waals surface area contributed by atoms with Gasteiger partial charge in [-0.15, -0.1) is 0 Å². The molecular formula is C19H32N4O2. The lowest BCUT2D eigenvalue weighted by Crippen LogP contribution is -2.43. The molecule has 0 aliphatic carbocycles. The van der Waals surface area contributed by atoms with Gasteiger partial charge in [0.05, 0.1) is 6.10 Å². The van der Waals surface area contributed by atoms with E-state index in [9.17, 15) is 9.90 Å². The number of likely N-dealkylation sites (tertiary alicyclic amines) is 1. The molecule has 1 heterocycles. The Hall–Kier alpha value is -1.79. The Balaban J connectivity index is 1.74. The fourth-order valence-electron chi connectivity index (χ4n) is 3.23. The van der Waals surface area contributed by atoms with Crippen molar-refractivity contribution in [3.05, 3.63) is 23.8 Å². The minimum atomic E-state index is -0.544. The van der Waals surface area contributed by atoms with Crippen LogP contribution in [0.2, 0.25) is 0 Å². The highest BCUT2D eigenvalue weighted by molar-refractivity contribution is 5.89. The van der Waals surface area contributed by atoms with Crippen LogP contribution in [0.1, 0.15) is 25.3 Å². The summed E-state index contributed by atoms with van der Waals surface area (Å²) in [6.07, 6.45) is 1.82. The maximum Gasteiger partial charge on any atom is 0.319 e. The molecule has 0 saturated carbocycles. The molecule has 25 heavy (non-hydrogen) atoms. The molecular weight excluding hydrogens is 316 g/mol. The van der Waals surface area contributed by atoms with Gasteiger partial charge < -0.3 is 25.5 Å². The number of aliphatic hydroxyl groups excluding tert-OH is 1. The molecule has 140 valence electrons. The van der Waals surface area contributed by atoms with Crippen molar-refractivity contribution in [2.24, 2.45) is 5.92 Å². The van der Waals surface area contributed by atoms with Crippen LogP contribution < -0.4 is 15.5 Å². The van der Waals surface area contributed by atoms with Crippen molar-refractivity contribution in [2.75, 3.05) is 50.5 Å². The number of anilines is 2. The minimum absolute atomic E-state index is 0.257. The van der Waals surface area contributed by atoms with Crippen molar-refractivity contribution in [1.29, 1.82) is 0 Å². The van der Waals surface area contributed by atoms with Crippen LogP contribution in [0, 0.1) is 12.8 Å². The average molecular weight is 348 g/mol. The zero-order valence-electron chi connectivity index (χ0n) is 15.9. The number of rotatable bonds is 6. The first-order valence-electron chi connectivity index (χ1n) is 9.08. The Bertz CT molecular complexity index is 569. The number of nitrogens with zero attached hydrogens (tertiary/aromatic N) is 2. The Labute approximate surface area is 151 Å². The number of amides is 2. The van der Waals surface area contributed by atoms with Gasteiger partial charge >= 0.3 is 6.03 Å². The number of hydrogen-bond donors (Lipinski definition) is 3. The standard InChI is InChI=1S/C19H32N4O2/c1-14-7-9-23(10-8-14)13-17(24)12-20-19(25)21-16-5-6-18(22(3)4)15(2)11-16/h5-6,11,14,17,24H,7-10,12-13H2,1-4H3,(H2,20,21,25). The number of carbonyl (C=O) groups is 1. The van der Waals surface area contributed by atoms with Gasteiger partial charge in [0.25, 0.3) is 0 Å². The Kier molecular flexibility index (Phi) is 7.08. The molecule has 1 aliphatic rings. The summed E-state index contributed by atoms with van der Waals surface area (Å²) in [5.74, 6) is 0.777. The first kappa shape index (κ1) is 19.5. The van der Waals surface area contributed by atoms with Crippen molar-refractivity contribution in [1.82, 2.24) is 10.2 Å². The van der Waals surface area contributed by atoms with E-state index in [1.54, 1.807) is 0 Å². The van der Waals surface area contributed by atoms with Gasteiger partial charge in [0.2, 0.25) is 0 Å². The lowest BCUT2D eigenvalue weighted by atomic mass is 9.99. The zero-order valence-corrected chi connectivity index (χ0v) is 15.9. The Morgan fingerprint density at radius 2 is 2.04 bits per heavy atom. The molecule has 0 radical (unpaired) electrons. The van der Waals surface area contributed by atoms with Gasteiger partial charge in [-0.3, -0.25) is 0 Å². The molecule has 1 aromatic carbocycles. The quantitative estimate of drug-likeness (QED) is 0.738. The normalized spacial score (nSPS) is 17.2. The molecule has 0 spiro atoms. The van der Waals surface area contributed by atoms with E-state index in [0.29, 0.717) is 6.54 Å². The van der Waals surface area contributed by atoms with E-state index >= 15 is 0 Å².